The molecule has 3 rings (SSSR count). The van der Waals surface area contributed by atoms with Gasteiger partial charge in [0.15, 0.2) is 6.61 Å². The van der Waals surface area contributed by atoms with Gasteiger partial charge in [-0.2, -0.15) is 0 Å². The minimum atomic E-state index is -0.459. The number of carbonyl (C=O) groups excluding carboxylic acids is 2. The van der Waals surface area contributed by atoms with Crippen LogP contribution in [0.4, 0.5) is 0 Å². The van der Waals surface area contributed by atoms with E-state index in [-0.39, 0.29) is 18.8 Å². The lowest BCUT2D eigenvalue weighted by atomic mass is 10.1. The van der Waals surface area contributed by atoms with E-state index >= 15 is 0 Å². The molecule has 0 radical (unpaired) electrons. The van der Waals surface area contributed by atoms with Crippen molar-refractivity contribution in [2.75, 3.05) is 6.61 Å². The van der Waals surface area contributed by atoms with Crippen LogP contribution < -0.4 is 0 Å². The van der Waals surface area contributed by atoms with Gasteiger partial charge < -0.3 is 9.30 Å². The zero-order chi connectivity index (χ0) is 20.1. The average molecular weight is 398 g/mol. The lowest BCUT2D eigenvalue weighted by Gasteiger charge is -2.08. The van der Waals surface area contributed by atoms with Crippen molar-refractivity contribution in [2.24, 2.45) is 0 Å². The molecular formula is C21H23N3O3S. The minimum absolute atomic E-state index is 0.0406. The van der Waals surface area contributed by atoms with Crippen LogP contribution in [0.25, 0.3) is 10.6 Å². The summed E-state index contributed by atoms with van der Waals surface area (Å²) in [7, 11) is 0. The number of carbonyl (C=O) groups is 2. The van der Waals surface area contributed by atoms with Gasteiger partial charge in [-0.1, -0.05) is 6.92 Å². The molecule has 0 spiro atoms. The van der Waals surface area contributed by atoms with Crippen LogP contribution in [0.2, 0.25) is 0 Å². The Hall–Kier alpha value is -2.80. The van der Waals surface area contributed by atoms with Gasteiger partial charge in [-0.05, 0) is 38.5 Å². The molecule has 0 saturated heterocycles. The number of hydrogen-bond acceptors (Lipinski definition) is 6. The molecule has 146 valence electrons. The number of ether oxygens (including phenoxy) is 1. The number of thiazole rings is 1. The number of aromatic nitrogens is 3. The van der Waals surface area contributed by atoms with E-state index < -0.39 is 5.97 Å². The Labute approximate surface area is 168 Å². The molecule has 7 heteroatoms. The second-order valence-electron chi connectivity index (χ2n) is 6.58. The van der Waals surface area contributed by atoms with Gasteiger partial charge in [0, 0.05) is 46.8 Å². The molecule has 3 heterocycles. The summed E-state index contributed by atoms with van der Waals surface area (Å²) in [4.78, 5) is 33.1. The number of esters is 1. The van der Waals surface area contributed by atoms with Gasteiger partial charge in [-0.3, -0.25) is 14.6 Å². The molecule has 0 amide bonds. The van der Waals surface area contributed by atoms with Crippen LogP contribution in [-0.4, -0.2) is 32.9 Å². The lowest BCUT2D eigenvalue weighted by molar-refractivity contribution is -0.141. The predicted molar refractivity (Wildman–Crippen MR) is 109 cm³/mol. The zero-order valence-electron chi connectivity index (χ0n) is 16.3. The molecule has 0 bridgehead atoms. The first-order chi connectivity index (χ1) is 13.5. The number of ketones is 1. The molecule has 0 fully saturated rings. The summed E-state index contributed by atoms with van der Waals surface area (Å²) in [5, 5.41) is 2.62. The van der Waals surface area contributed by atoms with Crippen molar-refractivity contribution in [1.29, 1.82) is 0 Å². The number of Topliss-reactive ketones (excluding diaryl/α,β-unsaturated/α-hetero) is 1. The van der Waals surface area contributed by atoms with Crippen LogP contribution in [0.3, 0.4) is 0 Å². The number of rotatable bonds is 8. The van der Waals surface area contributed by atoms with Crippen molar-refractivity contribution >= 4 is 23.1 Å². The van der Waals surface area contributed by atoms with Gasteiger partial charge in [0.2, 0.25) is 5.78 Å². The molecule has 0 aliphatic carbocycles. The van der Waals surface area contributed by atoms with Crippen molar-refractivity contribution < 1.29 is 14.3 Å². The van der Waals surface area contributed by atoms with Gasteiger partial charge in [0.05, 0.1) is 12.1 Å². The Morgan fingerprint density at radius 3 is 2.82 bits per heavy atom. The fourth-order valence-electron chi connectivity index (χ4n) is 3.08. The smallest absolute Gasteiger partial charge is 0.312 e. The maximum atomic E-state index is 12.5. The van der Waals surface area contributed by atoms with Crippen molar-refractivity contribution in [3.63, 3.8) is 0 Å². The van der Waals surface area contributed by atoms with E-state index in [0.717, 1.165) is 34.9 Å². The summed E-state index contributed by atoms with van der Waals surface area (Å²) in [6.07, 6.45) is 4.47. The molecule has 0 saturated carbocycles. The van der Waals surface area contributed by atoms with Crippen LogP contribution in [0, 0.1) is 13.8 Å². The van der Waals surface area contributed by atoms with E-state index in [1.165, 1.54) is 11.3 Å². The van der Waals surface area contributed by atoms with Crippen LogP contribution >= 0.6 is 11.3 Å². The Kier molecular flexibility index (Phi) is 6.36. The van der Waals surface area contributed by atoms with Gasteiger partial charge in [0.1, 0.15) is 5.01 Å². The molecule has 0 atom stereocenters. The van der Waals surface area contributed by atoms with Crippen LogP contribution in [-0.2, 0) is 22.5 Å². The molecule has 0 aliphatic heterocycles. The fourth-order valence-corrected chi connectivity index (χ4v) is 3.89. The highest BCUT2D eigenvalue weighted by Crippen LogP contribution is 2.23. The van der Waals surface area contributed by atoms with Crippen LogP contribution in [0.5, 0.6) is 0 Å². The van der Waals surface area contributed by atoms with Gasteiger partial charge in [0.25, 0.3) is 0 Å². The van der Waals surface area contributed by atoms with Crippen molar-refractivity contribution in [2.45, 2.75) is 40.2 Å². The predicted octanol–water partition coefficient (Wildman–Crippen LogP) is 4.00. The summed E-state index contributed by atoms with van der Waals surface area (Å²) >= 11 is 1.45. The molecule has 0 aromatic carbocycles. The quantitative estimate of drug-likeness (QED) is 0.424. The van der Waals surface area contributed by atoms with E-state index in [1.807, 2.05) is 37.4 Å². The first-order valence-corrected chi connectivity index (χ1v) is 10.1. The number of pyridine rings is 1. The number of aryl methyl sites for hydroxylation is 1. The Morgan fingerprint density at radius 2 is 2.11 bits per heavy atom. The normalized spacial score (nSPS) is 10.8. The van der Waals surface area contributed by atoms with Crippen molar-refractivity contribution in [1.82, 2.24) is 14.5 Å². The molecule has 0 unspecified atom stereocenters. The third kappa shape index (κ3) is 4.54. The largest absolute Gasteiger partial charge is 0.457 e. The topological polar surface area (TPSA) is 74.1 Å². The molecule has 28 heavy (non-hydrogen) atoms. The monoisotopic (exact) mass is 397 g/mol. The van der Waals surface area contributed by atoms with E-state index in [4.69, 9.17) is 4.74 Å². The first kappa shape index (κ1) is 19.9. The first-order valence-electron chi connectivity index (χ1n) is 9.20. The molecule has 6 nitrogen and oxygen atoms in total. The summed E-state index contributed by atoms with van der Waals surface area (Å²) in [6.45, 7) is 6.61. The summed E-state index contributed by atoms with van der Waals surface area (Å²) in [5.74, 6) is -0.642. The Morgan fingerprint density at radius 1 is 1.29 bits per heavy atom. The molecular weight excluding hydrogens is 374 g/mol. The summed E-state index contributed by atoms with van der Waals surface area (Å²) in [6, 6.07) is 5.62. The second-order valence-corrected chi connectivity index (χ2v) is 7.44. The maximum absolute atomic E-state index is 12.5. The highest BCUT2D eigenvalue weighted by molar-refractivity contribution is 7.13. The summed E-state index contributed by atoms with van der Waals surface area (Å²) in [5.41, 5.74) is 4.11. The fraction of sp³-hybridized carbons (Fsp3) is 0.333. The van der Waals surface area contributed by atoms with Crippen molar-refractivity contribution in [3.8, 4) is 10.6 Å². The zero-order valence-corrected chi connectivity index (χ0v) is 17.1. The second kappa shape index (κ2) is 8.93. The molecule has 3 aromatic heterocycles. The van der Waals surface area contributed by atoms with Crippen LogP contribution in [0.15, 0.2) is 36.0 Å². The third-order valence-electron chi connectivity index (χ3n) is 4.47. The third-order valence-corrected chi connectivity index (χ3v) is 5.41. The SMILES string of the molecule is CCCn1c(C)cc(C(=O)COC(=O)Cc2csc(-c3cccnc3)n2)c1C. The molecule has 0 N–H and O–H groups in total. The lowest BCUT2D eigenvalue weighted by Crippen LogP contribution is -2.16. The average Bonchev–Trinajstić information content (AvgIpc) is 3.27. The van der Waals surface area contributed by atoms with E-state index in [9.17, 15) is 9.59 Å². The van der Waals surface area contributed by atoms with Crippen molar-refractivity contribution in [3.05, 3.63) is 58.6 Å². The number of nitrogens with zero attached hydrogens (tertiary/aromatic N) is 3. The highest BCUT2D eigenvalue weighted by atomic mass is 32.1. The highest BCUT2D eigenvalue weighted by Gasteiger charge is 2.18. The number of hydrogen-bond donors (Lipinski definition) is 0. The standard InChI is InChI=1S/C21H23N3O3S/c1-4-8-24-14(2)9-18(15(24)3)19(25)12-27-20(26)10-17-13-28-21(23-17)16-6-5-7-22-11-16/h5-7,9,11,13H,4,8,10,12H2,1-3H3. The molecule has 0 aliphatic rings. The Balaban J connectivity index is 1.57. The van der Waals surface area contributed by atoms with E-state index in [2.05, 4.69) is 21.5 Å². The van der Waals surface area contributed by atoms with Crippen LogP contribution in [0.1, 0.15) is 40.8 Å². The molecule has 3 aromatic rings. The van der Waals surface area contributed by atoms with Gasteiger partial charge in [-0.25, -0.2) is 4.98 Å². The minimum Gasteiger partial charge on any atom is -0.457 e. The summed E-state index contributed by atoms with van der Waals surface area (Å²) < 4.78 is 7.31. The van der Waals surface area contributed by atoms with E-state index in [0.29, 0.717) is 11.3 Å². The van der Waals surface area contributed by atoms with Gasteiger partial charge in [-0.15, -0.1) is 11.3 Å². The van der Waals surface area contributed by atoms with Gasteiger partial charge >= 0.3 is 5.97 Å². The maximum Gasteiger partial charge on any atom is 0.312 e. The van der Waals surface area contributed by atoms with E-state index in [1.54, 1.807) is 12.4 Å². The Bertz CT molecular complexity index is 976.